The number of aromatic amines is 2. The van der Waals surface area contributed by atoms with Crippen LogP contribution in [-0.2, 0) is 0 Å². The number of H-pyrrole nitrogens is 2. The highest BCUT2D eigenvalue weighted by Crippen LogP contribution is 2.34. The number of aromatic nitrogens is 3. The summed E-state index contributed by atoms with van der Waals surface area (Å²) in [5.74, 6) is 0. The van der Waals surface area contributed by atoms with E-state index in [0.717, 1.165) is 11.1 Å². The van der Waals surface area contributed by atoms with Crippen LogP contribution in [0.25, 0.3) is 32.7 Å². The van der Waals surface area contributed by atoms with Gasteiger partial charge in [-0.2, -0.15) is 5.10 Å². The van der Waals surface area contributed by atoms with E-state index in [1.54, 1.807) is 30.7 Å². The van der Waals surface area contributed by atoms with Gasteiger partial charge in [-0.25, -0.2) is 4.39 Å². The fourth-order valence-corrected chi connectivity index (χ4v) is 3.11. The van der Waals surface area contributed by atoms with E-state index in [0.29, 0.717) is 27.1 Å². The molecule has 0 aliphatic carbocycles. The summed E-state index contributed by atoms with van der Waals surface area (Å²) in [4.78, 5) is 15.0. The molecule has 0 radical (unpaired) electrons. The Morgan fingerprint density at radius 1 is 1.17 bits per heavy atom. The Hall–Kier alpha value is -2.99. The molecule has 4 rings (SSSR count). The van der Waals surface area contributed by atoms with Crippen molar-refractivity contribution in [3.63, 3.8) is 0 Å². The molecule has 4 aromatic rings. The van der Waals surface area contributed by atoms with Crippen molar-refractivity contribution in [3.8, 4) is 11.1 Å². The molecule has 0 saturated carbocycles. The number of rotatable bonds is 3. The van der Waals surface area contributed by atoms with Crippen molar-refractivity contribution in [2.24, 2.45) is 5.73 Å². The molecule has 0 spiro atoms. The zero-order chi connectivity index (χ0) is 16.7. The third kappa shape index (κ3) is 2.19. The third-order valence-electron chi connectivity index (χ3n) is 4.28. The van der Waals surface area contributed by atoms with Crippen molar-refractivity contribution < 1.29 is 4.39 Å². The van der Waals surface area contributed by atoms with Crippen molar-refractivity contribution >= 4 is 21.5 Å². The molecule has 0 aliphatic rings. The lowest BCUT2D eigenvalue weighted by Gasteiger charge is -2.13. The van der Waals surface area contributed by atoms with Gasteiger partial charge < -0.3 is 10.7 Å². The van der Waals surface area contributed by atoms with Gasteiger partial charge in [0, 0.05) is 24.5 Å². The number of alkyl halides is 1. The molecule has 2 aromatic heterocycles. The Balaban J connectivity index is 2.14. The largest absolute Gasteiger partial charge is 0.329 e. The average Bonchev–Trinajstić information content (AvgIpc) is 3.14. The number of halogens is 1. The second-order valence-corrected chi connectivity index (χ2v) is 5.69. The lowest BCUT2D eigenvalue weighted by atomic mass is 9.93. The minimum absolute atomic E-state index is 0.104. The highest BCUT2D eigenvalue weighted by Gasteiger charge is 2.16. The maximum absolute atomic E-state index is 14.4. The Bertz CT molecular complexity index is 1090. The molecule has 0 bridgehead atoms. The van der Waals surface area contributed by atoms with Crippen LogP contribution >= 0.6 is 0 Å². The molecule has 5 nitrogen and oxygen atoms in total. The zero-order valence-corrected chi connectivity index (χ0v) is 12.7. The van der Waals surface area contributed by atoms with Crippen LogP contribution in [0, 0.1) is 0 Å². The second-order valence-electron chi connectivity index (χ2n) is 5.69. The van der Waals surface area contributed by atoms with Gasteiger partial charge in [-0.1, -0.05) is 12.1 Å². The predicted molar refractivity (Wildman–Crippen MR) is 92.6 cm³/mol. The molecule has 0 aliphatic heterocycles. The van der Waals surface area contributed by atoms with E-state index < -0.39 is 6.17 Å². The van der Waals surface area contributed by atoms with E-state index in [-0.39, 0.29) is 12.1 Å². The second kappa shape index (κ2) is 5.58. The van der Waals surface area contributed by atoms with Crippen LogP contribution in [0.1, 0.15) is 11.7 Å². The van der Waals surface area contributed by atoms with E-state index in [2.05, 4.69) is 15.2 Å². The van der Waals surface area contributed by atoms with Gasteiger partial charge in [0.15, 0.2) is 0 Å². The van der Waals surface area contributed by atoms with Gasteiger partial charge in [0.2, 0.25) is 0 Å². The smallest absolute Gasteiger partial charge is 0.256 e. The molecular weight excluding hydrogens is 307 g/mol. The predicted octanol–water partition coefficient (Wildman–Crippen LogP) is 3.04. The molecule has 1 unspecified atom stereocenters. The van der Waals surface area contributed by atoms with Crippen molar-refractivity contribution in [3.05, 3.63) is 64.8 Å². The highest BCUT2D eigenvalue weighted by molar-refractivity contribution is 6.09. The fraction of sp³-hybridized carbons (Fsp3) is 0.111. The quantitative estimate of drug-likeness (QED) is 0.507. The van der Waals surface area contributed by atoms with Gasteiger partial charge in [0.1, 0.15) is 6.17 Å². The van der Waals surface area contributed by atoms with Crippen molar-refractivity contribution in [2.75, 3.05) is 6.54 Å². The number of hydrogen-bond acceptors (Lipinski definition) is 3. The summed E-state index contributed by atoms with van der Waals surface area (Å²) in [7, 11) is 0. The Morgan fingerprint density at radius 2 is 2.04 bits per heavy atom. The molecule has 0 fully saturated rings. The third-order valence-corrected chi connectivity index (χ3v) is 4.28. The molecule has 0 saturated heterocycles. The Morgan fingerprint density at radius 3 is 2.79 bits per heavy atom. The maximum Gasteiger partial charge on any atom is 0.256 e. The number of nitrogens with one attached hydrogen (secondary N) is 2. The number of nitrogens with zero attached hydrogens (tertiary/aromatic N) is 1. The number of benzene rings is 2. The first-order chi connectivity index (χ1) is 11.7. The summed E-state index contributed by atoms with van der Waals surface area (Å²) in [5, 5.41) is 9.37. The summed E-state index contributed by atoms with van der Waals surface area (Å²) in [6.07, 6.45) is 3.76. The summed E-state index contributed by atoms with van der Waals surface area (Å²) in [6, 6.07) is 9.10. The van der Waals surface area contributed by atoms with Crippen molar-refractivity contribution in [1.82, 2.24) is 15.2 Å². The lowest BCUT2D eigenvalue weighted by molar-refractivity contribution is 0.355. The normalized spacial score (nSPS) is 12.8. The SMILES string of the molecule is NCC(F)c1cc2cc[nH]c(=O)c2c2cc(-c3cn[nH]c3)ccc12. The van der Waals surface area contributed by atoms with Gasteiger partial charge in [0.05, 0.1) is 11.6 Å². The van der Waals surface area contributed by atoms with E-state index in [9.17, 15) is 9.18 Å². The fourth-order valence-electron chi connectivity index (χ4n) is 3.11. The van der Waals surface area contributed by atoms with Crippen LogP contribution in [0.4, 0.5) is 4.39 Å². The highest BCUT2D eigenvalue weighted by atomic mass is 19.1. The minimum atomic E-state index is -1.28. The first-order valence-electron chi connectivity index (χ1n) is 7.60. The van der Waals surface area contributed by atoms with Crippen molar-refractivity contribution in [2.45, 2.75) is 6.17 Å². The number of fused-ring (bicyclic) bond motifs is 3. The van der Waals surface area contributed by atoms with Crippen molar-refractivity contribution in [1.29, 1.82) is 0 Å². The van der Waals surface area contributed by atoms with Crippen LogP contribution in [0.15, 0.2) is 53.7 Å². The van der Waals surface area contributed by atoms with Gasteiger partial charge in [-0.15, -0.1) is 0 Å². The molecule has 2 heterocycles. The number of nitrogens with two attached hydrogens (primary N) is 1. The van der Waals surface area contributed by atoms with Gasteiger partial charge in [-0.3, -0.25) is 9.89 Å². The van der Waals surface area contributed by atoms with Gasteiger partial charge in [0.25, 0.3) is 5.56 Å². The molecule has 120 valence electrons. The molecule has 24 heavy (non-hydrogen) atoms. The van der Waals surface area contributed by atoms with Crippen LogP contribution in [-0.4, -0.2) is 21.7 Å². The molecule has 2 aromatic carbocycles. The molecule has 0 amide bonds. The van der Waals surface area contributed by atoms with E-state index >= 15 is 0 Å². The summed E-state index contributed by atoms with van der Waals surface area (Å²) >= 11 is 0. The van der Waals surface area contributed by atoms with Crippen LogP contribution in [0.5, 0.6) is 0 Å². The van der Waals surface area contributed by atoms with E-state index in [1.165, 1.54) is 0 Å². The molecule has 1 atom stereocenters. The monoisotopic (exact) mass is 322 g/mol. The first-order valence-corrected chi connectivity index (χ1v) is 7.60. The van der Waals surface area contributed by atoms with Crippen LogP contribution in [0.3, 0.4) is 0 Å². The Kier molecular flexibility index (Phi) is 3.39. The molecule has 4 N–H and O–H groups in total. The van der Waals surface area contributed by atoms with Gasteiger partial charge >= 0.3 is 0 Å². The van der Waals surface area contributed by atoms with E-state index in [4.69, 9.17) is 5.73 Å². The number of pyridine rings is 1. The average molecular weight is 322 g/mol. The lowest BCUT2D eigenvalue weighted by Crippen LogP contribution is -2.10. The number of hydrogen-bond donors (Lipinski definition) is 3. The Labute approximate surface area is 136 Å². The topological polar surface area (TPSA) is 87.6 Å². The first kappa shape index (κ1) is 14.6. The minimum Gasteiger partial charge on any atom is -0.329 e. The summed E-state index contributed by atoms with van der Waals surface area (Å²) in [6.45, 7) is -0.104. The maximum atomic E-state index is 14.4. The van der Waals surface area contributed by atoms with Gasteiger partial charge in [-0.05, 0) is 45.5 Å². The summed E-state index contributed by atoms with van der Waals surface area (Å²) < 4.78 is 14.4. The zero-order valence-electron chi connectivity index (χ0n) is 12.7. The summed E-state index contributed by atoms with van der Waals surface area (Å²) in [5.41, 5.74) is 7.63. The molecule has 6 heteroatoms. The van der Waals surface area contributed by atoms with Crippen LogP contribution < -0.4 is 11.3 Å². The van der Waals surface area contributed by atoms with E-state index in [1.807, 2.05) is 18.2 Å². The van der Waals surface area contributed by atoms with Crippen LogP contribution in [0.2, 0.25) is 0 Å². The molecular formula is C18H15FN4O. The standard InChI is InChI=1S/C18H15FN4O/c19-16(7-20)14-6-11-3-4-21-18(24)17(11)15-5-10(1-2-13(14)15)12-8-22-23-9-12/h1-6,8-9,16H,7,20H2,(H,21,24)(H,22,23).